The summed E-state index contributed by atoms with van der Waals surface area (Å²) >= 11 is 7.70. The van der Waals surface area contributed by atoms with E-state index in [4.69, 9.17) is 27.5 Å². The molecule has 1 aromatic carbocycles. The second kappa shape index (κ2) is 9.44. The van der Waals surface area contributed by atoms with Gasteiger partial charge in [0.15, 0.2) is 5.65 Å². The number of fused-ring (bicyclic) bond motifs is 2. The second-order valence-electron chi connectivity index (χ2n) is 10.7. The van der Waals surface area contributed by atoms with E-state index in [-0.39, 0.29) is 5.41 Å². The molecule has 2 atom stereocenters. The summed E-state index contributed by atoms with van der Waals surface area (Å²) < 4.78 is 11.8. The molecule has 0 radical (unpaired) electrons. The first-order valence-corrected chi connectivity index (χ1v) is 14.8. The van der Waals surface area contributed by atoms with Gasteiger partial charge in [0.25, 0.3) is 0 Å². The number of hydrogen-bond acceptors (Lipinski definition) is 8. The third-order valence-corrected chi connectivity index (χ3v) is 10.5. The van der Waals surface area contributed by atoms with Gasteiger partial charge in [0, 0.05) is 29.6 Å². The first kappa shape index (κ1) is 25.5. The topological polar surface area (TPSA) is 124 Å². The van der Waals surface area contributed by atoms with E-state index in [1.165, 1.54) is 22.9 Å². The lowest BCUT2D eigenvalue weighted by Crippen LogP contribution is -2.59. The van der Waals surface area contributed by atoms with Gasteiger partial charge in [-0.15, -0.1) is 0 Å². The third-order valence-electron chi connectivity index (χ3n) is 7.75. The van der Waals surface area contributed by atoms with Gasteiger partial charge in [0.1, 0.15) is 22.2 Å². The highest BCUT2D eigenvalue weighted by atomic mass is 35.5. The number of pyridine rings is 2. The van der Waals surface area contributed by atoms with Crippen molar-refractivity contribution in [3.8, 4) is 0 Å². The van der Waals surface area contributed by atoms with Crippen LogP contribution in [0.2, 0.25) is 5.02 Å². The van der Waals surface area contributed by atoms with Crippen molar-refractivity contribution >= 4 is 57.1 Å². The zero-order chi connectivity index (χ0) is 26.7. The Morgan fingerprint density at radius 3 is 2.74 bits per heavy atom. The van der Waals surface area contributed by atoms with Gasteiger partial charge in [-0.05, 0) is 61.9 Å². The van der Waals surface area contributed by atoms with Crippen LogP contribution < -0.4 is 15.8 Å². The molecule has 0 amide bonds. The molecule has 1 unspecified atom stereocenters. The molecule has 1 saturated heterocycles. The first-order chi connectivity index (χ1) is 18.1. The quantitative estimate of drug-likeness (QED) is 0.343. The van der Waals surface area contributed by atoms with Crippen LogP contribution in [0.4, 0.5) is 11.6 Å². The smallest absolute Gasteiger partial charge is 0.179 e. The first-order valence-electron chi connectivity index (χ1n) is 12.4. The van der Waals surface area contributed by atoms with Crippen LogP contribution in [0, 0.1) is 5.41 Å². The fourth-order valence-corrected chi connectivity index (χ4v) is 7.07. The summed E-state index contributed by atoms with van der Waals surface area (Å²) in [6.45, 7) is 5.73. The van der Waals surface area contributed by atoms with Gasteiger partial charge in [-0.2, -0.15) is 0 Å². The summed E-state index contributed by atoms with van der Waals surface area (Å²) in [6, 6.07) is 14.3. The number of nitrogens with two attached hydrogens (primary N) is 2. The molecule has 6 rings (SSSR count). The number of halogens is 1. The Labute approximate surface area is 233 Å². The van der Waals surface area contributed by atoms with Crippen LogP contribution in [0.15, 0.2) is 64.8 Å². The summed E-state index contributed by atoms with van der Waals surface area (Å²) in [4.78, 5) is 21.2. The van der Waals surface area contributed by atoms with Gasteiger partial charge >= 0.3 is 0 Å². The van der Waals surface area contributed by atoms with Crippen molar-refractivity contribution in [1.29, 1.82) is 0 Å². The van der Waals surface area contributed by atoms with Crippen LogP contribution in [0.3, 0.4) is 0 Å². The fourth-order valence-electron chi connectivity index (χ4n) is 5.69. The van der Waals surface area contributed by atoms with Crippen molar-refractivity contribution in [2.75, 3.05) is 23.7 Å². The lowest BCUT2D eigenvalue weighted by Gasteiger charge is -2.53. The van der Waals surface area contributed by atoms with Crippen LogP contribution in [0.25, 0.3) is 11.2 Å². The fraction of sp³-hybridized carbons (Fsp3) is 0.333. The van der Waals surface area contributed by atoms with E-state index in [9.17, 15) is 4.21 Å². The molecule has 4 heterocycles. The van der Waals surface area contributed by atoms with Gasteiger partial charge in [0.05, 0.1) is 27.0 Å². The Hall–Kier alpha value is -2.79. The highest BCUT2D eigenvalue weighted by Gasteiger charge is 2.55. The average molecular weight is 566 g/mol. The van der Waals surface area contributed by atoms with Gasteiger partial charge in [-0.1, -0.05) is 47.6 Å². The molecule has 1 fully saturated rings. The SMILES string of the molecule is CC(C)(C[C@@H]1c2ccccc2CC12CN(c1cnc3nc(Sc4ccnc(N)c4Cl)ccc3n1)C2)S(N)=O. The Kier molecular flexibility index (Phi) is 6.33. The van der Waals surface area contributed by atoms with Gasteiger partial charge in [-0.25, -0.2) is 24.1 Å². The summed E-state index contributed by atoms with van der Waals surface area (Å²) in [5.74, 6) is 1.43. The van der Waals surface area contributed by atoms with Crippen molar-refractivity contribution in [1.82, 2.24) is 19.9 Å². The third kappa shape index (κ3) is 4.43. The highest BCUT2D eigenvalue weighted by Crippen LogP contribution is 2.56. The number of anilines is 2. The van der Waals surface area contributed by atoms with E-state index >= 15 is 0 Å². The number of rotatable bonds is 6. The number of hydrogen-bond donors (Lipinski definition) is 2. The molecule has 1 aliphatic carbocycles. The normalized spacial score (nSPS) is 18.9. The largest absolute Gasteiger partial charge is 0.382 e. The monoisotopic (exact) mass is 565 g/mol. The summed E-state index contributed by atoms with van der Waals surface area (Å²) in [5, 5.41) is 7.05. The predicted octanol–water partition coefficient (Wildman–Crippen LogP) is 4.74. The number of aromatic nitrogens is 4. The van der Waals surface area contributed by atoms with Crippen molar-refractivity contribution in [2.45, 2.75) is 47.3 Å². The maximum atomic E-state index is 12.3. The Morgan fingerprint density at radius 2 is 1.95 bits per heavy atom. The molecule has 3 aromatic heterocycles. The number of nitrogens with zero attached hydrogens (tertiary/aromatic N) is 5. The van der Waals surface area contributed by atoms with Gasteiger partial charge in [0.2, 0.25) is 0 Å². The van der Waals surface area contributed by atoms with Crippen LogP contribution >= 0.6 is 23.4 Å². The van der Waals surface area contributed by atoms with E-state index in [1.54, 1.807) is 12.4 Å². The molecule has 11 heteroatoms. The van der Waals surface area contributed by atoms with Crippen LogP contribution in [-0.4, -0.2) is 42.0 Å². The minimum absolute atomic E-state index is 0.0708. The van der Waals surface area contributed by atoms with Gasteiger partial charge in [-0.3, -0.25) is 5.14 Å². The molecule has 196 valence electrons. The molecule has 38 heavy (non-hydrogen) atoms. The molecule has 8 nitrogen and oxygen atoms in total. The summed E-state index contributed by atoms with van der Waals surface area (Å²) in [7, 11) is -1.40. The van der Waals surface area contributed by atoms with E-state index in [0.717, 1.165) is 47.2 Å². The molecule has 4 aromatic rings. The van der Waals surface area contributed by atoms with Crippen LogP contribution in [0.1, 0.15) is 37.3 Å². The minimum Gasteiger partial charge on any atom is -0.382 e. The molecule has 2 aliphatic rings. The number of benzene rings is 1. The molecule has 0 saturated carbocycles. The standard InChI is InChI=1S/C27H28ClN7OS2/c1-26(2,38(30)36)12-18-17-6-4-3-5-16(17)11-27(18)14-35(15-27)21-13-32-25-19(33-21)7-8-22(34-25)37-20-9-10-31-24(29)23(20)28/h3-10,13,18H,11-12,14-15,30H2,1-2H3,(H2,29,31)/t18-,38?/m1/s1. The Morgan fingerprint density at radius 1 is 1.16 bits per heavy atom. The van der Waals surface area contributed by atoms with E-state index in [2.05, 4.69) is 44.1 Å². The van der Waals surface area contributed by atoms with E-state index in [0.29, 0.717) is 22.4 Å². The van der Waals surface area contributed by atoms with Crippen molar-refractivity contribution < 1.29 is 4.21 Å². The minimum atomic E-state index is -1.40. The van der Waals surface area contributed by atoms with Crippen molar-refractivity contribution in [3.05, 3.63) is 71.0 Å². The highest BCUT2D eigenvalue weighted by molar-refractivity contribution is 7.99. The van der Waals surface area contributed by atoms with E-state index < -0.39 is 15.7 Å². The Balaban J connectivity index is 1.22. The van der Waals surface area contributed by atoms with Crippen LogP contribution in [0.5, 0.6) is 0 Å². The van der Waals surface area contributed by atoms with Crippen molar-refractivity contribution in [3.63, 3.8) is 0 Å². The summed E-state index contributed by atoms with van der Waals surface area (Å²) in [6.07, 6.45) is 5.20. The second-order valence-corrected chi connectivity index (χ2v) is 13.9. The van der Waals surface area contributed by atoms with Crippen molar-refractivity contribution in [2.24, 2.45) is 10.6 Å². The molecule has 4 N–H and O–H groups in total. The summed E-state index contributed by atoms with van der Waals surface area (Å²) in [5.41, 5.74) is 9.95. The average Bonchev–Trinajstić information content (AvgIpc) is 3.19. The van der Waals surface area contributed by atoms with Crippen LogP contribution in [-0.2, 0) is 17.4 Å². The molecule has 0 bridgehead atoms. The maximum absolute atomic E-state index is 12.3. The molecular weight excluding hydrogens is 538 g/mol. The predicted molar refractivity (Wildman–Crippen MR) is 154 cm³/mol. The molecule has 1 spiro atoms. The van der Waals surface area contributed by atoms with E-state index in [1.807, 2.05) is 32.0 Å². The maximum Gasteiger partial charge on any atom is 0.179 e. The lowest BCUT2D eigenvalue weighted by molar-refractivity contribution is 0.165. The molecule has 1 aliphatic heterocycles. The van der Waals surface area contributed by atoms with Gasteiger partial charge < -0.3 is 10.6 Å². The lowest BCUT2D eigenvalue weighted by atomic mass is 9.67. The Bertz CT molecular complexity index is 1570. The molecular formula is C27H28ClN7OS2. The number of nitrogen functional groups attached to an aromatic ring is 1. The zero-order valence-corrected chi connectivity index (χ0v) is 23.5. The zero-order valence-electron chi connectivity index (χ0n) is 21.1.